The predicted octanol–water partition coefficient (Wildman–Crippen LogP) is 2.37. The third-order valence-corrected chi connectivity index (χ3v) is 5.90. The fraction of sp³-hybridized carbons (Fsp3) is 0.526. The summed E-state index contributed by atoms with van der Waals surface area (Å²) < 4.78 is 0. The van der Waals surface area contributed by atoms with Crippen LogP contribution in [-0.4, -0.2) is 60.9 Å². The van der Waals surface area contributed by atoms with Crippen molar-refractivity contribution in [3.05, 3.63) is 35.2 Å². The van der Waals surface area contributed by atoms with Crippen LogP contribution in [0.3, 0.4) is 0 Å². The Morgan fingerprint density at radius 2 is 2.32 bits per heavy atom. The normalized spacial score (nSPS) is 20.4. The number of hydrogen-bond acceptors (Lipinski definition) is 5. The minimum Gasteiger partial charge on any atom is -0.395 e. The van der Waals surface area contributed by atoms with Crippen molar-refractivity contribution in [2.24, 2.45) is 10.7 Å². The number of thioether (sulfide) groups is 1. The Kier molecular flexibility index (Phi) is 6.39. The van der Waals surface area contributed by atoms with Gasteiger partial charge in [-0.3, -0.25) is 0 Å². The first-order valence-corrected chi connectivity index (χ1v) is 9.93. The number of aliphatic hydroxyl groups is 1. The first-order valence-electron chi connectivity index (χ1n) is 8.99. The molecule has 0 saturated carbocycles. The Balaban J connectivity index is 1.68. The van der Waals surface area contributed by atoms with Crippen LogP contribution >= 0.6 is 11.8 Å². The largest absolute Gasteiger partial charge is 0.395 e. The number of nitrogens with two attached hydrogens (primary N) is 1. The number of hydrogen-bond donors (Lipinski definition) is 2. The maximum Gasteiger partial charge on any atom is 0.113 e. The molecular formula is C19H28N4OS. The van der Waals surface area contributed by atoms with E-state index in [9.17, 15) is 0 Å². The Hall–Kier alpha value is -1.50. The van der Waals surface area contributed by atoms with Crippen molar-refractivity contribution >= 4 is 29.0 Å². The summed E-state index contributed by atoms with van der Waals surface area (Å²) >= 11 is 1.75. The molecule has 1 unspecified atom stereocenters. The van der Waals surface area contributed by atoms with E-state index in [1.54, 1.807) is 11.8 Å². The van der Waals surface area contributed by atoms with Crippen molar-refractivity contribution in [1.82, 2.24) is 4.90 Å². The average molecular weight is 361 g/mol. The molecule has 0 radical (unpaired) electrons. The molecule has 2 aliphatic heterocycles. The molecule has 1 atom stereocenters. The van der Waals surface area contributed by atoms with E-state index in [0.29, 0.717) is 5.84 Å². The van der Waals surface area contributed by atoms with Crippen LogP contribution in [0.4, 0.5) is 11.4 Å². The van der Waals surface area contributed by atoms with Crippen LogP contribution in [0.2, 0.25) is 0 Å². The van der Waals surface area contributed by atoms with Gasteiger partial charge >= 0.3 is 0 Å². The molecule has 25 heavy (non-hydrogen) atoms. The smallest absolute Gasteiger partial charge is 0.113 e. The summed E-state index contributed by atoms with van der Waals surface area (Å²) in [6, 6.07) is 6.46. The second-order valence-electron chi connectivity index (χ2n) is 6.70. The summed E-state index contributed by atoms with van der Waals surface area (Å²) in [4.78, 5) is 9.26. The van der Waals surface area contributed by atoms with Crippen LogP contribution in [0.5, 0.6) is 0 Å². The van der Waals surface area contributed by atoms with E-state index in [0.717, 1.165) is 44.7 Å². The maximum atomic E-state index is 9.03. The van der Waals surface area contributed by atoms with Crippen LogP contribution in [0.25, 0.3) is 0 Å². The molecule has 0 spiro atoms. The molecule has 3 rings (SSSR count). The van der Waals surface area contributed by atoms with Crippen molar-refractivity contribution < 1.29 is 5.11 Å². The summed E-state index contributed by atoms with van der Waals surface area (Å²) in [6.45, 7) is 3.97. The zero-order valence-corrected chi connectivity index (χ0v) is 15.7. The summed E-state index contributed by atoms with van der Waals surface area (Å²) in [5.41, 5.74) is 9.82. The summed E-state index contributed by atoms with van der Waals surface area (Å²) in [5, 5.41) is 11.4. The van der Waals surface area contributed by atoms with Gasteiger partial charge in [0.1, 0.15) is 5.84 Å². The standard InChI is InChI=1S/C19H28N4OS/c1-22(11-12-24)9-10-23-8-2-4-15-14-16(6-7-17(15)23)21-19(20)18-5-3-13-25-18/h3,6-7,13-14,18,24H,2,4-5,8-12H2,1H3,(H2,20,21). The molecule has 1 aromatic carbocycles. The van der Waals surface area contributed by atoms with Crippen molar-refractivity contribution in [2.75, 3.05) is 44.7 Å². The fourth-order valence-corrected chi connectivity index (χ4v) is 4.16. The van der Waals surface area contributed by atoms with Gasteiger partial charge in [0.25, 0.3) is 0 Å². The Bertz CT molecular complexity index is 638. The second kappa shape index (κ2) is 8.74. The highest BCUT2D eigenvalue weighted by Gasteiger charge is 2.18. The van der Waals surface area contributed by atoms with Gasteiger partial charge in [0.05, 0.1) is 17.5 Å². The summed E-state index contributed by atoms with van der Waals surface area (Å²) in [5.74, 6) is 0.716. The Morgan fingerprint density at radius 3 is 3.08 bits per heavy atom. The van der Waals surface area contributed by atoms with Crippen LogP contribution in [0.15, 0.2) is 34.7 Å². The molecule has 0 aromatic heterocycles. The van der Waals surface area contributed by atoms with E-state index < -0.39 is 0 Å². The number of anilines is 1. The lowest BCUT2D eigenvalue weighted by molar-refractivity contribution is 0.223. The SMILES string of the molecule is CN(CCO)CCN1CCCc2cc(N=C(N)C3CC=CS3)ccc21. The van der Waals surface area contributed by atoms with Crippen LogP contribution in [0.1, 0.15) is 18.4 Å². The van der Waals surface area contributed by atoms with Crippen LogP contribution < -0.4 is 10.6 Å². The van der Waals surface area contributed by atoms with Crippen LogP contribution in [-0.2, 0) is 6.42 Å². The molecule has 0 bridgehead atoms. The van der Waals surface area contributed by atoms with Crippen molar-refractivity contribution in [1.29, 1.82) is 0 Å². The minimum atomic E-state index is 0.213. The number of amidine groups is 1. The highest BCUT2D eigenvalue weighted by atomic mass is 32.2. The van der Waals surface area contributed by atoms with Gasteiger partial charge in [-0.15, -0.1) is 11.8 Å². The van der Waals surface area contributed by atoms with Crippen LogP contribution in [0, 0.1) is 0 Å². The first kappa shape index (κ1) is 18.3. The number of allylic oxidation sites excluding steroid dienone is 1. The van der Waals surface area contributed by atoms with Gasteiger partial charge in [0.2, 0.25) is 0 Å². The minimum absolute atomic E-state index is 0.213. The Morgan fingerprint density at radius 1 is 1.44 bits per heavy atom. The van der Waals surface area contributed by atoms with Gasteiger partial charge in [0.15, 0.2) is 0 Å². The molecule has 1 aromatic rings. The molecule has 2 heterocycles. The molecule has 2 aliphatic rings. The molecule has 3 N–H and O–H groups in total. The van der Waals surface area contributed by atoms with E-state index in [1.165, 1.54) is 17.7 Å². The van der Waals surface area contributed by atoms with E-state index in [-0.39, 0.29) is 11.9 Å². The second-order valence-corrected chi connectivity index (χ2v) is 7.81. The molecule has 5 nitrogen and oxygen atoms in total. The fourth-order valence-electron chi connectivity index (χ4n) is 3.33. The zero-order chi connectivity index (χ0) is 17.6. The van der Waals surface area contributed by atoms with Gasteiger partial charge in [-0.1, -0.05) is 6.08 Å². The van der Waals surface area contributed by atoms with E-state index >= 15 is 0 Å². The van der Waals surface area contributed by atoms with Gasteiger partial charge in [-0.25, -0.2) is 4.99 Å². The van der Waals surface area contributed by atoms with Gasteiger partial charge in [0, 0.05) is 31.9 Å². The van der Waals surface area contributed by atoms with Gasteiger partial charge in [-0.2, -0.15) is 0 Å². The average Bonchev–Trinajstić information content (AvgIpc) is 3.14. The first-order chi connectivity index (χ1) is 12.2. The number of benzene rings is 1. The lowest BCUT2D eigenvalue weighted by Crippen LogP contribution is -2.37. The topological polar surface area (TPSA) is 65.1 Å². The molecule has 6 heteroatoms. The van der Waals surface area contributed by atoms with E-state index in [4.69, 9.17) is 10.8 Å². The van der Waals surface area contributed by atoms with Gasteiger partial charge in [-0.05, 0) is 55.5 Å². The molecule has 0 amide bonds. The predicted molar refractivity (Wildman–Crippen MR) is 108 cm³/mol. The summed E-state index contributed by atoms with van der Waals surface area (Å²) in [6.07, 6.45) is 5.39. The van der Waals surface area contributed by atoms with E-state index in [2.05, 4.69) is 51.5 Å². The molecular weight excluding hydrogens is 332 g/mol. The van der Waals surface area contributed by atoms with Crippen molar-refractivity contribution in [3.63, 3.8) is 0 Å². The quantitative estimate of drug-likeness (QED) is 0.577. The molecule has 0 saturated heterocycles. The third kappa shape index (κ3) is 4.77. The number of rotatable bonds is 7. The third-order valence-electron chi connectivity index (χ3n) is 4.79. The monoisotopic (exact) mass is 360 g/mol. The van der Waals surface area contributed by atoms with E-state index in [1.807, 2.05) is 0 Å². The lowest BCUT2D eigenvalue weighted by Gasteiger charge is -2.32. The number of nitrogens with zero attached hydrogens (tertiary/aromatic N) is 3. The maximum absolute atomic E-state index is 9.03. The number of fused-ring (bicyclic) bond motifs is 1. The zero-order valence-electron chi connectivity index (χ0n) is 14.9. The van der Waals surface area contributed by atoms with Gasteiger partial charge < -0.3 is 20.6 Å². The Labute approximate surface area is 154 Å². The lowest BCUT2D eigenvalue weighted by atomic mass is 10.0. The van der Waals surface area contributed by atoms with Crippen molar-refractivity contribution in [3.8, 4) is 0 Å². The number of aliphatic imine (C=N–C) groups is 1. The molecule has 0 fully saturated rings. The molecule has 136 valence electrons. The highest BCUT2D eigenvalue weighted by Crippen LogP contribution is 2.31. The number of aryl methyl sites for hydroxylation is 1. The molecule has 0 aliphatic carbocycles. The highest BCUT2D eigenvalue weighted by molar-refractivity contribution is 8.03. The number of likely N-dealkylation sites (N-methyl/N-ethyl adjacent to an activating group) is 1. The van der Waals surface area contributed by atoms with Crippen molar-refractivity contribution in [2.45, 2.75) is 24.5 Å². The summed E-state index contributed by atoms with van der Waals surface area (Å²) in [7, 11) is 2.05. The number of aliphatic hydroxyl groups excluding tert-OH is 1.